The molecular formula is C17H23N3. The molecule has 0 bridgehead atoms. The molecule has 0 spiro atoms. The number of nitrogens with one attached hydrogen (secondary N) is 1. The Morgan fingerprint density at radius 1 is 1.15 bits per heavy atom. The molecule has 0 unspecified atom stereocenters. The molecule has 0 radical (unpaired) electrons. The summed E-state index contributed by atoms with van der Waals surface area (Å²) in [6.45, 7) is 8.10. The van der Waals surface area contributed by atoms with Gasteiger partial charge in [0.25, 0.3) is 0 Å². The molecule has 0 aliphatic carbocycles. The molecule has 20 heavy (non-hydrogen) atoms. The van der Waals surface area contributed by atoms with Gasteiger partial charge in [-0.3, -0.25) is 0 Å². The molecule has 3 nitrogen and oxygen atoms in total. The second-order valence-corrected chi connectivity index (χ2v) is 5.03. The predicted molar refractivity (Wildman–Crippen MR) is 85.6 cm³/mol. The molecule has 0 fully saturated rings. The third-order valence-corrected chi connectivity index (χ3v) is 3.45. The second-order valence-electron chi connectivity index (χ2n) is 5.03. The normalized spacial score (nSPS) is 10.6. The summed E-state index contributed by atoms with van der Waals surface area (Å²) in [5.74, 6) is 1.01. The van der Waals surface area contributed by atoms with Crippen LogP contribution < -0.4 is 10.2 Å². The smallest absolute Gasteiger partial charge is 0.133 e. The average molecular weight is 269 g/mol. The number of anilines is 2. The first-order valence-corrected chi connectivity index (χ1v) is 7.11. The largest absolute Gasteiger partial charge is 0.327 e. The fraction of sp³-hybridized carbons (Fsp3) is 0.353. The first-order chi connectivity index (χ1) is 9.65. The zero-order chi connectivity index (χ0) is 14.5. The van der Waals surface area contributed by atoms with Gasteiger partial charge in [0.05, 0.1) is 0 Å². The summed E-state index contributed by atoms with van der Waals surface area (Å²) in [7, 11) is 1.96. The number of nitrogens with zero attached hydrogens (tertiary/aromatic N) is 2. The summed E-state index contributed by atoms with van der Waals surface area (Å²) in [5.41, 5.74) is 4.80. The lowest BCUT2D eigenvalue weighted by molar-refractivity contribution is 0.803. The molecule has 0 saturated heterocycles. The summed E-state index contributed by atoms with van der Waals surface area (Å²) < 4.78 is 0. The molecular weight excluding hydrogens is 246 g/mol. The van der Waals surface area contributed by atoms with Crippen LogP contribution in [0.15, 0.2) is 36.4 Å². The van der Waals surface area contributed by atoms with Crippen molar-refractivity contribution in [2.75, 3.05) is 18.5 Å². The van der Waals surface area contributed by atoms with Crippen molar-refractivity contribution in [1.82, 2.24) is 10.3 Å². The van der Waals surface area contributed by atoms with E-state index in [1.807, 2.05) is 7.05 Å². The van der Waals surface area contributed by atoms with E-state index in [-0.39, 0.29) is 0 Å². The highest BCUT2D eigenvalue weighted by Crippen LogP contribution is 2.25. The Bertz CT molecular complexity index is 578. The molecule has 1 heterocycles. The molecule has 0 amide bonds. The van der Waals surface area contributed by atoms with Crippen molar-refractivity contribution in [3.05, 3.63) is 53.2 Å². The predicted octanol–water partition coefficient (Wildman–Crippen LogP) is 3.58. The van der Waals surface area contributed by atoms with Crippen LogP contribution in [0.3, 0.4) is 0 Å². The highest BCUT2D eigenvalue weighted by Gasteiger charge is 2.10. The average Bonchev–Trinajstić information content (AvgIpc) is 2.43. The summed E-state index contributed by atoms with van der Waals surface area (Å²) in [5, 5.41) is 3.17. The summed E-state index contributed by atoms with van der Waals surface area (Å²) in [6.07, 6.45) is 0. The zero-order valence-corrected chi connectivity index (χ0v) is 12.8. The van der Waals surface area contributed by atoms with E-state index < -0.39 is 0 Å². The van der Waals surface area contributed by atoms with E-state index >= 15 is 0 Å². The summed E-state index contributed by atoms with van der Waals surface area (Å²) in [6, 6.07) is 12.8. The van der Waals surface area contributed by atoms with Gasteiger partial charge in [-0.05, 0) is 57.1 Å². The van der Waals surface area contributed by atoms with Crippen molar-refractivity contribution < 1.29 is 0 Å². The maximum Gasteiger partial charge on any atom is 0.133 e. The van der Waals surface area contributed by atoms with E-state index in [4.69, 9.17) is 4.98 Å². The van der Waals surface area contributed by atoms with E-state index in [2.05, 4.69) is 67.4 Å². The maximum atomic E-state index is 4.75. The maximum absolute atomic E-state index is 4.75. The van der Waals surface area contributed by atoms with E-state index in [0.717, 1.165) is 24.6 Å². The highest BCUT2D eigenvalue weighted by molar-refractivity contribution is 5.61. The summed E-state index contributed by atoms with van der Waals surface area (Å²) >= 11 is 0. The Morgan fingerprint density at radius 3 is 2.55 bits per heavy atom. The second kappa shape index (κ2) is 6.53. The van der Waals surface area contributed by atoms with Gasteiger partial charge >= 0.3 is 0 Å². The molecule has 2 aromatic rings. The van der Waals surface area contributed by atoms with Crippen molar-refractivity contribution in [3.63, 3.8) is 0 Å². The SMILES string of the molecule is CCN(c1cccc(C)c1)c1ccc(CNC)c(C)n1. The minimum absolute atomic E-state index is 0.857. The fourth-order valence-electron chi connectivity index (χ4n) is 2.38. The molecule has 106 valence electrons. The van der Waals surface area contributed by atoms with E-state index in [0.29, 0.717) is 0 Å². The van der Waals surface area contributed by atoms with Crippen LogP contribution in [0.1, 0.15) is 23.7 Å². The number of hydrogen-bond acceptors (Lipinski definition) is 3. The van der Waals surface area contributed by atoms with Crippen LogP contribution in [0, 0.1) is 13.8 Å². The third-order valence-electron chi connectivity index (χ3n) is 3.45. The van der Waals surface area contributed by atoms with Gasteiger partial charge in [-0.15, -0.1) is 0 Å². The van der Waals surface area contributed by atoms with Crippen LogP contribution in [0.4, 0.5) is 11.5 Å². The number of aryl methyl sites for hydroxylation is 2. The van der Waals surface area contributed by atoms with Gasteiger partial charge in [0.2, 0.25) is 0 Å². The molecule has 0 saturated carbocycles. The Labute approximate surface area is 121 Å². The van der Waals surface area contributed by atoms with Crippen LogP contribution in [0.5, 0.6) is 0 Å². The minimum atomic E-state index is 0.857. The molecule has 0 aliphatic heterocycles. The molecule has 1 N–H and O–H groups in total. The minimum Gasteiger partial charge on any atom is -0.327 e. The van der Waals surface area contributed by atoms with Crippen LogP contribution in [0.2, 0.25) is 0 Å². The van der Waals surface area contributed by atoms with Crippen molar-refractivity contribution in [3.8, 4) is 0 Å². The number of rotatable bonds is 5. The van der Waals surface area contributed by atoms with E-state index in [9.17, 15) is 0 Å². The highest BCUT2D eigenvalue weighted by atomic mass is 15.2. The van der Waals surface area contributed by atoms with Gasteiger partial charge in [0.15, 0.2) is 0 Å². The van der Waals surface area contributed by atoms with Crippen molar-refractivity contribution >= 4 is 11.5 Å². The van der Waals surface area contributed by atoms with Gasteiger partial charge in [0, 0.05) is 24.5 Å². The number of aromatic nitrogens is 1. The van der Waals surface area contributed by atoms with Gasteiger partial charge < -0.3 is 10.2 Å². The number of benzene rings is 1. The quantitative estimate of drug-likeness (QED) is 0.899. The molecule has 0 atom stereocenters. The monoisotopic (exact) mass is 269 g/mol. The number of hydrogen-bond donors (Lipinski definition) is 1. The lowest BCUT2D eigenvalue weighted by atomic mass is 10.2. The standard InChI is InChI=1S/C17H23N3/c1-5-20(16-8-6-7-13(2)11-16)17-10-9-15(12-18-4)14(3)19-17/h6-11,18H,5,12H2,1-4H3. The summed E-state index contributed by atoms with van der Waals surface area (Å²) in [4.78, 5) is 6.99. The molecule has 1 aromatic heterocycles. The van der Waals surface area contributed by atoms with Crippen LogP contribution in [-0.4, -0.2) is 18.6 Å². The van der Waals surface area contributed by atoms with Crippen molar-refractivity contribution in [2.45, 2.75) is 27.3 Å². The van der Waals surface area contributed by atoms with E-state index in [1.54, 1.807) is 0 Å². The van der Waals surface area contributed by atoms with Crippen LogP contribution in [0.25, 0.3) is 0 Å². The first-order valence-electron chi connectivity index (χ1n) is 7.11. The molecule has 2 rings (SSSR count). The lowest BCUT2D eigenvalue weighted by Gasteiger charge is -2.23. The molecule has 1 aromatic carbocycles. The van der Waals surface area contributed by atoms with Crippen LogP contribution in [-0.2, 0) is 6.54 Å². The van der Waals surface area contributed by atoms with Crippen LogP contribution >= 0.6 is 0 Å². The van der Waals surface area contributed by atoms with Crippen molar-refractivity contribution in [1.29, 1.82) is 0 Å². The Kier molecular flexibility index (Phi) is 4.74. The van der Waals surface area contributed by atoms with Gasteiger partial charge in [-0.1, -0.05) is 18.2 Å². The Morgan fingerprint density at radius 2 is 1.95 bits per heavy atom. The Hall–Kier alpha value is -1.87. The number of pyridine rings is 1. The zero-order valence-electron chi connectivity index (χ0n) is 12.8. The Balaban J connectivity index is 2.35. The topological polar surface area (TPSA) is 28.2 Å². The lowest BCUT2D eigenvalue weighted by Crippen LogP contribution is -2.18. The first kappa shape index (κ1) is 14.5. The van der Waals surface area contributed by atoms with E-state index in [1.165, 1.54) is 16.8 Å². The van der Waals surface area contributed by atoms with Gasteiger partial charge in [0.1, 0.15) is 5.82 Å². The molecule has 0 aliphatic rings. The van der Waals surface area contributed by atoms with Crippen molar-refractivity contribution in [2.24, 2.45) is 0 Å². The third kappa shape index (κ3) is 3.17. The fourth-order valence-corrected chi connectivity index (χ4v) is 2.38. The van der Waals surface area contributed by atoms with Gasteiger partial charge in [-0.25, -0.2) is 4.98 Å². The molecule has 3 heteroatoms. The van der Waals surface area contributed by atoms with Gasteiger partial charge in [-0.2, -0.15) is 0 Å².